The van der Waals surface area contributed by atoms with Gasteiger partial charge in [-0.05, 0) is 97.4 Å². The maximum absolute atomic E-state index is 15.1. The lowest BCUT2D eigenvalue weighted by atomic mass is 9.77. The van der Waals surface area contributed by atoms with Crippen LogP contribution in [0.5, 0.6) is 11.5 Å². The monoisotopic (exact) mass is 530 g/mol. The zero-order valence-corrected chi connectivity index (χ0v) is 23.6. The zero-order chi connectivity index (χ0) is 27.5. The summed E-state index contributed by atoms with van der Waals surface area (Å²) in [5, 5.41) is 0. The average Bonchev–Trinajstić information content (AvgIpc) is 2.95. The van der Waals surface area contributed by atoms with E-state index >= 15 is 4.39 Å². The van der Waals surface area contributed by atoms with E-state index in [1.165, 1.54) is 56.9 Å². The van der Waals surface area contributed by atoms with Crippen molar-refractivity contribution in [2.45, 2.75) is 96.8 Å². The minimum atomic E-state index is -0.794. The molecule has 0 heterocycles. The Bertz CT molecular complexity index is 1160. The Morgan fingerprint density at radius 3 is 2.00 bits per heavy atom. The van der Waals surface area contributed by atoms with Crippen LogP contribution in [0.25, 0.3) is 11.1 Å². The van der Waals surface area contributed by atoms with E-state index in [9.17, 15) is 4.79 Å². The lowest BCUT2D eigenvalue weighted by Gasteiger charge is -2.29. The van der Waals surface area contributed by atoms with E-state index < -0.39 is 6.16 Å². The second kappa shape index (κ2) is 14.9. The van der Waals surface area contributed by atoms with Gasteiger partial charge in [-0.25, -0.2) is 9.18 Å². The van der Waals surface area contributed by atoms with Gasteiger partial charge in [-0.2, -0.15) is 0 Å². The average molecular weight is 531 g/mol. The maximum Gasteiger partial charge on any atom is 0.519 e. The predicted molar refractivity (Wildman–Crippen MR) is 157 cm³/mol. The summed E-state index contributed by atoms with van der Waals surface area (Å²) < 4.78 is 25.8. The second-order valence-electron chi connectivity index (χ2n) is 11.0. The first-order chi connectivity index (χ1) is 19.1. The summed E-state index contributed by atoms with van der Waals surface area (Å²) >= 11 is 0. The molecule has 3 nitrogen and oxygen atoms in total. The molecule has 0 amide bonds. The van der Waals surface area contributed by atoms with Crippen molar-refractivity contribution < 1.29 is 18.7 Å². The molecular weight excluding hydrogens is 487 g/mol. The molecule has 0 aliphatic heterocycles. The standard InChI is InChI=1S/C35H43FO3/c1-3-5-7-9-26-11-15-28(16-12-26)30-19-24-33(34(36)25-30)29-17-22-32(23-18-29)39-35(37)38-31-20-13-27(14-21-31)10-8-6-4-2/h13-14,17-26,28H,3-12,15-16H2,1-2H3/t26-,28-. The van der Waals surface area contributed by atoms with Crippen molar-refractivity contribution in [1.29, 1.82) is 0 Å². The van der Waals surface area contributed by atoms with Crippen molar-refractivity contribution in [1.82, 2.24) is 0 Å². The van der Waals surface area contributed by atoms with Crippen molar-refractivity contribution >= 4 is 6.16 Å². The zero-order valence-electron chi connectivity index (χ0n) is 23.6. The molecule has 1 aliphatic carbocycles. The molecule has 4 rings (SSSR count). The third-order valence-corrected chi connectivity index (χ3v) is 8.09. The van der Waals surface area contributed by atoms with Crippen molar-refractivity contribution in [2.75, 3.05) is 0 Å². The number of benzene rings is 3. The summed E-state index contributed by atoms with van der Waals surface area (Å²) in [4.78, 5) is 12.3. The van der Waals surface area contributed by atoms with Gasteiger partial charge in [0, 0.05) is 5.56 Å². The van der Waals surface area contributed by atoms with E-state index in [0.29, 0.717) is 23.0 Å². The second-order valence-corrected chi connectivity index (χ2v) is 11.0. The fourth-order valence-electron chi connectivity index (χ4n) is 5.71. The maximum atomic E-state index is 15.1. The molecule has 0 aromatic heterocycles. The van der Waals surface area contributed by atoms with Crippen molar-refractivity contribution in [3.05, 3.63) is 83.7 Å². The highest BCUT2D eigenvalue weighted by Gasteiger charge is 2.23. The summed E-state index contributed by atoms with van der Waals surface area (Å²) in [6, 6.07) is 20.1. The third-order valence-electron chi connectivity index (χ3n) is 8.09. The molecular formula is C35H43FO3. The van der Waals surface area contributed by atoms with Gasteiger partial charge in [-0.1, -0.05) is 88.8 Å². The summed E-state index contributed by atoms with van der Waals surface area (Å²) in [5.74, 6) is 1.89. The number of unbranched alkanes of at least 4 members (excludes halogenated alkanes) is 4. The molecule has 39 heavy (non-hydrogen) atoms. The molecule has 3 aromatic carbocycles. The van der Waals surface area contributed by atoms with Crippen LogP contribution in [-0.2, 0) is 6.42 Å². The molecule has 0 radical (unpaired) electrons. The molecule has 0 unspecified atom stereocenters. The highest BCUT2D eigenvalue weighted by atomic mass is 19.1. The van der Waals surface area contributed by atoms with Gasteiger partial charge in [0.25, 0.3) is 0 Å². The van der Waals surface area contributed by atoms with E-state index in [4.69, 9.17) is 9.47 Å². The SMILES string of the molecule is CCCCCc1ccc(OC(=O)Oc2ccc(-c3ccc([C@H]4CC[C@H](CCCCC)CC4)cc3F)cc2)cc1. The number of carbonyl (C=O) groups excluding carboxylic acids is 1. The van der Waals surface area contributed by atoms with Crippen LogP contribution in [-0.4, -0.2) is 6.16 Å². The first kappa shape index (κ1) is 28.9. The lowest BCUT2D eigenvalue weighted by molar-refractivity contribution is 0.152. The lowest BCUT2D eigenvalue weighted by Crippen LogP contribution is -2.13. The molecule has 0 bridgehead atoms. The van der Waals surface area contributed by atoms with Crippen molar-refractivity contribution in [3.8, 4) is 22.6 Å². The fourth-order valence-corrected chi connectivity index (χ4v) is 5.71. The van der Waals surface area contributed by atoms with Gasteiger partial charge >= 0.3 is 6.16 Å². The smallest absolute Gasteiger partial charge is 0.395 e. The Hall–Kier alpha value is -3.14. The van der Waals surface area contributed by atoms with Crippen LogP contribution in [0.4, 0.5) is 9.18 Å². The van der Waals surface area contributed by atoms with Gasteiger partial charge in [0.05, 0.1) is 0 Å². The Balaban J connectivity index is 1.28. The molecule has 3 aromatic rings. The molecule has 0 N–H and O–H groups in total. The third kappa shape index (κ3) is 8.68. The van der Waals surface area contributed by atoms with Crippen LogP contribution < -0.4 is 9.47 Å². The molecule has 0 atom stereocenters. The van der Waals surface area contributed by atoms with Gasteiger partial charge < -0.3 is 9.47 Å². The predicted octanol–water partition coefficient (Wildman–Crippen LogP) is 10.7. The quantitative estimate of drug-likeness (QED) is 0.133. The van der Waals surface area contributed by atoms with Crippen molar-refractivity contribution in [2.24, 2.45) is 5.92 Å². The van der Waals surface area contributed by atoms with E-state index in [1.807, 2.05) is 18.2 Å². The van der Waals surface area contributed by atoms with Gasteiger partial charge in [0.15, 0.2) is 0 Å². The van der Waals surface area contributed by atoms with E-state index in [0.717, 1.165) is 42.7 Å². The van der Waals surface area contributed by atoms with E-state index in [2.05, 4.69) is 19.9 Å². The molecule has 208 valence electrons. The Labute approximate surface area is 233 Å². The molecule has 1 saturated carbocycles. The number of halogens is 1. The Morgan fingerprint density at radius 1 is 0.769 bits per heavy atom. The highest BCUT2D eigenvalue weighted by Crippen LogP contribution is 2.39. The van der Waals surface area contributed by atoms with Crippen LogP contribution in [0.1, 0.15) is 102 Å². The number of rotatable bonds is 12. The van der Waals surface area contributed by atoms with Crippen LogP contribution in [0.3, 0.4) is 0 Å². The number of carbonyl (C=O) groups is 1. The molecule has 0 spiro atoms. The number of hydrogen-bond donors (Lipinski definition) is 0. The molecule has 4 heteroatoms. The number of ether oxygens (including phenoxy) is 2. The van der Waals surface area contributed by atoms with E-state index in [1.54, 1.807) is 42.5 Å². The van der Waals surface area contributed by atoms with E-state index in [-0.39, 0.29) is 5.82 Å². The molecule has 0 saturated heterocycles. The normalized spacial score (nSPS) is 17.1. The number of hydrogen-bond acceptors (Lipinski definition) is 3. The summed E-state index contributed by atoms with van der Waals surface area (Å²) in [6.07, 6.45) is 13.9. The summed E-state index contributed by atoms with van der Waals surface area (Å²) in [6.45, 7) is 4.44. The summed E-state index contributed by atoms with van der Waals surface area (Å²) in [5.41, 5.74) is 3.64. The van der Waals surface area contributed by atoms with Crippen LogP contribution in [0.15, 0.2) is 66.7 Å². The fraction of sp³-hybridized carbons (Fsp3) is 0.457. The Morgan fingerprint density at radius 2 is 1.38 bits per heavy atom. The van der Waals surface area contributed by atoms with Gasteiger partial charge in [-0.15, -0.1) is 0 Å². The first-order valence-electron chi connectivity index (χ1n) is 14.9. The molecule has 1 aliphatic rings. The minimum Gasteiger partial charge on any atom is -0.395 e. The van der Waals surface area contributed by atoms with Crippen LogP contribution in [0, 0.1) is 11.7 Å². The topological polar surface area (TPSA) is 35.5 Å². The minimum absolute atomic E-state index is 0.205. The van der Waals surface area contributed by atoms with Crippen LogP contribution >= 0.6 is 0 Å². The first-order valence-corrected chi connectivity index (χ1v) is 14.9. The van der Waals surface area contributed by atoms with Crippen molar-refractivity contribution in [3.63, 3.8) is 0 Å². The Kier molecular flexibility index (Phi) is 11.0. The van der Waals surface area contributed by atoms with Gasteiger partial charge in [0.2, 0.25) is 0 Å². The number of aryl methyl sites for hydroxylation is 1. The summed E-state index contributed by atoms with van der Waals surface area (Å²) in [7, 11) is 0. The molecule has 1 fully saturated rings. The van der Waals surface area contributed by atoms with Crippen LogP contribution in [0.2, 0.25) is 0 Å². The largest absolute Gasteiger partial charge is 0.519 e. The highest BCUT2D eigenvalue weighted by molar-refractivity contribution is 5.69. The van der Waals surface area contributed by atoms with Gasteiger partial charge in [0.1, 0.15) is 17.3 Å². The van der Waals surface area contributed by atoms with Gasteiger partial charge in [-0.3, -0.25) is 0 Å².